The quantitative estimate of drug-likeness (QED) is 0.526. The average Bonchev–Trinajstić information content (AvgIpc) is 2.41. The zero-order chi connectivity index (χ0) is 16.0. The zero-order valence-electron chi connectivity index (χ0n) is 12.4. The molecule has 0 saturated carbocycles. The maximum atomic E-state index is 11.6. The summed E-state index contributed by atoms with van der Waals surface area (Å²) in [5.41, 5.74) is 6.12. The van der Waals surface area contributed by atoms with Gasteiger partial charge in [-0.25, -0.2) is 4.79 Å². The minimum Gasteiger partial charge on any atom is -0.483 e. The maximum Gasteiger partial charge on any atom is 0.353 e. The van der Waals surface area contributed by atoms with Crippen LogP contribution in [0.15, 0.2) is 30.5 Å². The Morgan fingerprint density at radius 3 is 2.57 bits per heavy atom. The number of nitrogens with one attached hydrogen (secondary N) is 2. The van der Waals surface area contributed by atoms with Crippen molar-refractivity contribution in [2.75, 3.05) is 6.61 Å². The second-order valence-corrected chi connectivity index (χ2v) is 4.94. The molecule has 0 unspecified atom stereocenters. The Labute approximate surface area is 123 Å². The second kappa shape index (κ2) is 7.33. The summed E-state index contributed by atoms with van der Waals surface area (Å²) in [5.74, 6) is -0.809. The first kappa shape index (κ1) is 16.6. The lowest BCUT2D eigenvalue weighted by atomic mass is 10.0. The van der Waals surface area contributed by atoms with Gasteiger partial charge in [0.15, 0.2) is 6.61 Å². The van der Waals surface area contributed by atoms with Gasteiger partial charge in [-0.1, -0.05) is 32.6 Å². The number of carbonyl (C=O) groups excluding carboxylic acids is 1. The van der Waals surface area contributed by atoms with Crippen LogP contribution in [0, 0.1) is 6.92 Å². The molecule has 0 aromatic heterocycles. The highest BCUT2D eigenvalue weighted by molar-refractivity contribution is 5.86. The van der Waals surface area contributed by atoms with E-state index in [4.69, 9.17) is 9.84 Å². The van der Waals surface area contributed by atoms with Crippen LogP contribution >= 0.6 is 0 Å². The number of benzene rings is 1. The molecular formula is C15H20N2O4. The van der Waals surface area contributed by atoms with E-state index in [9.17, 15) is 9.59 Å². The van der Waals surface area contributed by atoms with Crippen molar-refractivity contribution in [3.63, 3.8) is 0 Å². The molecule has 1 amide bonds. The second-order valence-electron chi connectivity index (χ2n) is 4.94. The summed E-state index contributed by atoms with van der Waals surface area (Å²) in [6.07, 6.45) is 0. The third-order valence-electron chi connectivity index (χ3n) is 2.76. The van der Waals surface area contributed by atoms with Crippen LogP contribution in [-0.4, -0.2) is 23.6 Å². The largest absolute Gasteiger partial charge is 0.483 e. The van der Waals surface area contributed by atoms with E-state index in [-0.39, 0.29) is 18.2 Å². The average molecular weight is 292 g/mol. The van der Waals surface area contributed by atoms with E-state index in [1.54, 1.807) is 0 Å². The van der Waals surface area contributed by atoms with Crippen LogP contribution in [0.1, 0.15) is 30.9 Å². The molecule has 114 valence electrons. The molecule has 0 fully saturated rings. The van der Waals surface area contributed by atoms with Gasteiger partial charge >= 0.3 is 5.97 Å². The van der Waals surface area contributed by atoms with Crippen LogP contribution in [0.4, 0.5) is 0 Å². The van der Waals surface area contributed by atoms with Gasteiger partial charge in [0.05, 0.1) is 0 Å². The molecule has 0 aliphatic rings. The predicted octanol–water partition coefficient (Wildman–Crippen LogP) is 1.72. The first-order valence-electron chi connectivity index (χ1n) is 6.51. The number of rotatable bonds is 7. The van der Waals surface area contributed by atoms with Crippen LogP contribution in [0.5, 0.6) is 5.75 Å². The van der Waals surface area contributed by atoms with E-state index in [0.29, 0.717) is 5.75 Å². The summed E-state index contributed by atoms with van der Waals surface area (Å²) in [5, 5.41) is 8.59. The molecule has 0 bridgehead atoms. The fourth-order valence-corrected chi connectivity index (χ4v) is 1.62. The highest BCUT2D eigenvalue weighted by Gasteiger charge is 2.11. The van der Waals surface area contributed by atoms with Gasteiger partial charge in [-0.15, -0.1) is 0 Å². The minimum absolute atomic E-state index is 0.219. The molecule has 1 rings (SSSR count). The van der Waals surface area contributed by atoms with Crippen LogP contribution in [0.3, 0.4) is 0 Å². The highest BCUT2D eigenvalue weighted by Crippen LogP contribution is 2.27. The molecule has 0 spiro atoms. The molecular weight excluding hydrogens is 272 g/mol. The van der Waals surface area contributed by atoms with Crippen molar-refractivity contribution in [2.24, 2.45) is 0 Å². The topological polar surface area (TPSA) is 87.7 Å². The minimum atomic E-state index is -1.24. The van der Waals surface area contributed by atoms with E-state index in [1.807, 2.05) is 39.0 Å². The molecule has 0 atom stereocenters. The number of ether oxygens (including phenoxy) is 1. The fourth-order valence-electron chi connectivity index (χ4n) is 1.62. The number of aliphatic carboxylic acids is 1. The van der Waals surface area contributed by atoms with Crippen molar-refractivity contribution in [1.82, 2.24) is 10.9 Å². The number of aryl methyl sites for hydroxylation is 1. The number of carbonyl (C=O) groups is 2. The Morgan fingerprint density at radius 2 is 2.00 bits per heavy atom. The van der Waals surface area contributed by atoms with E-state index < -0.39 is 11.9 Å². The van der Waals surface area contributed by atoms with E-state index in [2.05, 4.69) is 17.4 Å². The molecule has 0 aliphatic carbocycles. The van der Waals surface area contributed by atoms with Gasteiger partial charge < -0.3 is 9.84 Å². The number of hydrazine groups is 1. The van der Waals surface area contributed by atoms with E-state index >= 15 is 0 Å². The lowest BCUT2D eigenvalue weighted by Gasteiger charge is -2.15. The van der Waals surface area contributed by atoms with Crippen molar-refractivity contribution in [3.05, 3.63) is 41.6 Å². The van der Waals surface area contributed by atoms with Gasteiger partial charge in [0.2, 0.25) is 0 Å². The Bertz CT molecular complexity index is 553. The molecule has 21 heavy (non-hydrogen) atoms. The van der Waals surface area contributed by atoms with Crippen molar-refractivity contribution < 1.29 is 19.4 Å². The lowest BCUT2D eigenvalue weighted by Crippen LogP contribution is -2.41. The Balaban J connectivity index is 2.59. The predicted molar refractivity (Wildman–Crippen MR) is 78.8 cm³/mol. The molecule has 1 aromatic carbocycles. The van der Waals surface area contributed by atoms with E-state index in [1.165, 1.54) is 0 Å². The lowest BCUT2D eigenvalue weighted by molar-refractivity contribution is -0.133. The van der Waals surface area contributed by atoms with Crippen LogP contribution < -0.4 is 15.6 Å². The third kappa shape index (κ3) is 5.18. The highest BCUT2D eigenvalue weighted by atomic mass is 16.5. The van der Waals surface area contributed by atoms with Crippen LogP contribution in [0.2, 0.25) is 0 Å². The smallest absolute Gasteiger partial charge is 0.353 e. The molecule has 6 nitrogen and oxygen atoms in total. The van der Waals surface area contributed by atoms with Gasteiger partial charge in [-0.05, 0) is 30.0 Å². The number of carboxylic acids is 1. The van der Waals surface area contributed by atoms with Gasteiger partial charge in [-0.2, -0.15) is 0 Å². The molecule has 0 aliphatic heterocycles. The Morgan fingerprint density at radius 1 is 1.33 bits per heavy atom. The first-order chi connectivity index (χ1) is 9.81. The van der Waals surface area contributed by atoms with Gasteiger partial charge in [-0.3, -0.25) is 15.6 Å². The fraction of sp³-hybridized carbons (Fsp3) is 0.333. The normalized spacial score (nSPS) is 10.1. The number of carboxylic acid groups (broad SMARTS) is 1. The molecule has 0 radical (unpaired) electrons. The SMILES string of the molecule is C=C(NNC(=O)COc1cc(C)ccc1C(C)C)C(=O)O. The molecule has 0 saturated heterocycles. The first-order valence-corrected chi connectivity index (χ1v) is 6.51. The molecule has 0 heterocycles. The summed E-state index contributed by atoms with van der Waals surface area (Å²) in [4.78, 5) is 22.1. The number of amides is 1. The molecule has 3 N–H and O–H groups in total. The van der Waals surface area contributed by atoms with Crippen molar-refractivity contribution >= 4 is 11.9 Å². The number of hydrogen-bond acceptors (Lipinski definition) is 4. The number of hydrogen-bond donors (Lipinski definition) is 3. The summed E-state index contributed by atoms with van der Waals surface area (Å²) < 4.78 is 5.50. The van der Waals surface area contributed by atoms with Crippen LogP contribution in [-0.2, 0) is 9.59 Å². The van der Waals surface area contributed by atoms with Crippen molar-refractivity contribution in [2.45, 2.75) is 26.7 Å². The maximum absolute atomic E-state index is 11.6. The Hall–Kier alpha value is -2.50. The van der Waals surface area contributed by atoms with Crippen molar-refractivity contribution in [1.29, 1.82) is 0 Å². The van der Waals surface area contributed by atoms with Gasteiger partial charge in [0.25, 0.3) is 5.91 Å². The summed E-state index contributed by atoms with van der Waals surface area (Å²) in [6.45, 7) is 9.02. The van der Waals surface area contributed by atoms with Crippen molar-refractivity contribution in [3.8, 4) is 5.75 Å². The Kier molecular flexibility index (Phi) is 5.78. The van der Waals surface area contributed by atoms with Crippen LogP contribution in [0.25, 0.3) is 0 Å². The third-order valence-corrected chi connectivity index (χ3v) is 2.76. The summed E-state index contributed by atoms with van der Waals surface area (Å²) >= 11 is 0. The molecule has 6 heteroatoms. The summed E-state index contributed by atoms with van der Waals surface area (Å²) in [7, 11) is 0. The molecule has 1 aromatic rings. The van der Waals surface area contributed by atoms with Gasteiger partial charge in [0.1, 0.15) is 11.4 Å². The van der Waals surface area contributed by atoms with Gasteiger partial charge in [0, 0.05) is 0 Å². The standard InChI is InChI=1S/C15H20N2O4/c1-9(2)12-6-5-10(3)7-13(12)21-8-14(18)17-16-11(4)15(19)20/h5-7,9,16H,4,8H2,1-3H3,(H,17,18)(H,19,20). The summed E-state index contributed by atoms with van der Waals surface area (Å²) in [6, 6.07) is 5.82. The zero-order valence-corrected chi connectivity index (χ0v) is 12.4. The van der Waals surface area contributed by atoms with E-state index in [0.717, 1.165) is 11.1 Å². The monoisotopic (exact) mass is 292 g/mol.